The molecule has 3 aromatic rings. The standard InChI is InChI=1S/C27H31N3O4S/c1-3-15-29-19-24(27(32)28-20(2)21-11-7-6-8-12-21)26(31)23-18-22(13-14-25(23)29)35(33,34)30-16-9-4-5-10-17-30/h3,6-8,11-14,18-20H,1,4-5,9-10,15-17H2,2H3,(H,28,32). The van der Waals surface area contributed by atoms with Crippen LogP contribution in [0, 0.1) is 0 Å². The Hall–Kier alpha value is -3.23. The number of hydrogen-bond acceptors (Lipinski definition) is 4. The molecule has 1 amide bonds. The van der Waals surface area contributed by atoms with Crippen molar-refractivity contribution in [3.63, 3.8) is 0 Å². The van der Waals surface area contributed by atoms with Crippen LogP contribution >= 0.6 is 0 Å². The predicted octanol–water partition coefficient (Wildman–Crippen LogP) is 4.24. The van der Waals surface area contributed by atoms with Gasteiger partial charge in [-0.3, -0.25) is 9.59 Å². The quantitative estimate of drug-likeness (QED) is 0.499. The van der Waals surface area contributed by atoms with Gasteiger partial charge in [-0.05, 0) is 43.5 Å². The Labute approximate surface area is 206 Å². The Kier molecular flexibility index (Phi) is 7.52. The molecular formula is C27H31N3O4S. The van der Waals surface area contributed by atoms with Crippen molar-refractivity contribution >= 4 is 26.8 Å². The summed E-state index contributed by atoms with van der Waals surface area (Å²) in [6, 6.07) is 13.8. The van der Waals surface area contributed by atoms with Crippen LogP contribution in [0.2, 0.25) is 0 Å². The van der Waals surface area contributed by atoms with E-state index in [9.17, 15) is 18.0 Å². The minimum absolute atomic E-state index is 0.0357. The molecule has 0 spiro atoms. The van der Waals surface area contributed by atoms with Crippen molar-refractivity contribution in [1.82, 2.24) is 14.2 Å². The molecule has 1 aliphatic heterocycles. The van der Waals surface area contributed by atoms with Gasteiger partial charge in [0, 0.05) is 31.2 Å². The summed E-state index contributed by atoms with van der Waals surface area (Å²) in [5.41, 5.74) is 0.939. The molecule has 0 radical (unpaired) electrons. The third-order valence-electron chi connectivity index (χ3n) is 6.47. The zero-order chi connectivity index (χ0) is 25.0. The van der Waals surface area contributed by atoms with E-state index < -0.39 is 21.4 Å². The van der Waals surface area contributed by atoms with Crippen molar-refractivity contribution in [2.75, 3.05) is 13.1 Å². The maximum absolute atomic E-state index is 13.4. The molecule has 2 aromatic carbocycles. The number of aromatic nitrogens is 1. The number of carbonyl (C=O) groups excluding carboxylic acids is 1. The third-order valence-corrected chi connectivity index (χ3v) is 8.37. The molecule has 1 atom stereocenters. The van der Waals surface area contributed by atoms with Crippen LogP contribution in [0.1, 0.15) is 54.6 Å². The second-order valence-electron chi connectivity index (χ2n) is 8.92. The fourth-order valence-electron chi connectivity index (χ4n) is 4.52. The molecule has 1 N–H and O–H groups in total. The van der Waals surface area contributed by atoms with Gasteiger partial charge in [0.1, 0.15) is 5.56 Å². The molecule has 8 heteroatoms. The topological polar surface area (TPSA) is 88.5 Å². The molecule has 1 saturated heterocycles. The van der Waals surface area contributed by atoms with E-state index in [0.717, 1.165) is 31.2 Å². The second kappa shape index (κ2) is 10.6. The Balaban J connectivity index is 1.76. The van der Waals surface area contributed by atoms with Crippen LogP contribution < -0.4 is 10.7 Å². The Morgan fingerprint density at radius 3 is 2.43 bits per heavy atom. The fourth-order valence-corrected chi connectivity index (χ4v) is 6.06. The van der Waals surface area contributed by atoms with Gasteiger partial charge in [-0.25, -0.2) is 8.42 Å². The van der Waals surface area contributed by atoms with Crippen LogP contribution in [-0.2, 0) is 16.6 Å². The van der Waals surface area contributed by atoms with E-state index in [1.54, 1.807) is 22.8 Å². The van der Waals surface area contributed by atoms with Gasteiger partial charge in [0.2, 0.25) is 15.5 Å². The van der Waals surface area contributed by atoms with Crippen LogP contribution in [-0.4, -0.2) is 36.3 Å². The Morgan fingerprint density at radius 1 is 1.09 bits per heavy atom. The van der Waals surface area contributed by atoms with Crippen molar-refractivity contribution in [1.29, 1.82) is 0 Å². The minimum Gasteiger partial charge on any atom is -0.345 e. The summed E-state index contributed by atoms with van der Waals surface area (Å²) < 4.78 is 29.9. The Morgan fingerprint density at radius 2 is 1.77 bits per heavy atom. The first-order valence-corrected chi connectivity index (χ1v) is 13.4. The number of carbonyl (C=O) groups is 1. The van der Waals surface area contributed by atoms with Crippen LogP contribution in [0.5, 0.6) is 0 Å². The van der Waals surface area contributed by atoms with Crippen molar-refractivity contribution in [3.8, 4) is 0 Å². The number of pyridine rings is 1. The Bertz CT molecular complexity index is 1390. The number of rotatable bonds is 7. The van der Waals surface area contributed by atoms with Gasteiger partial charge in [0.25, 0.3) is 5.91 Å². The summed E-state index contributed by atoms with van der Waals surface area (Å²) >= 11 is 0. The first-order valence-electron chi connectivity index (χ1n) is 12.0. The first kappa shape index (κ1) is 24.9. The lowest BCUT2D eigenvalue weighted by Gasteiger charge is -2.20. The van der Waals surface area contributed by atoms with Gasteiger partial charge in [0.05, 0.1) is 16.5 Å². The predicted molar refractivity (Wildman–Crippen MR) is 138 cm³/mol. The molecule has 1 aliphatic rings. The molecule has 2 heterocycles. The normalized spacial score (nSPS) is 15.9. The van der Waals surface area contributed by atoms with E-state index in [4.69, 9.17) is 0 Å². The number of sulfonamides is 1. The van der Waals surface area contributed by atoms with Crippen molar-refractivity contribution in [2.24, 2.45) is 0 Å². The molecule has 4 rings (SSSR count). The molecular weight excluding hydrogens is 462 g/mol. The molecule has 1 aromatic heterocycles. The van der Waals surface area contributed by atoms with E-state index >= 15 is 0 Å². The first-order chi connectivity index (χ1) is 16.8. The molecule has 1 fully saturated rings. The molecule has 0 bridgehead atoms. The van der Waals surface area contributed by atoms with E-state index in [0.29, 0.717) is 25.2 Å². The molecule has 1 unspecified atom stereocenters. The summed E-state index contributed by atoms with van der Waals surface area (Å²) in [7, 11) is -3.74. The second-order valence-corrected chi connectivity index (χ2v) is 10.9. The van der Waals surface area contributed by atoms with Crippen LogP contribution in [0.25, 0.3) is 10.9 Å². The molecule has 35 heavy (non-hydrogen) atoms. The third kappa shape index (κ3) is 5.23. The fraction of sp³-hybridized carbons (Fsp3) is 0.333. The molecule has 184 valence electrons. The summed E-state index contributed by atoms with van der Waals surface area (Å²) in [6.45, 7) is 6.93. The van der Waals surface area contributed by atoms with Gasteiger partial charge >= 0.3 is 0 Å². The van der Waals surface area contributed by atoms with E-state index in [1.807, 2.05) is 37.3 Å². The van der Waals surface area contributed by atoms with E-state index in [-0.39, 0.29) is 21.9 Å². The molecule has 0 aliphatic carbocycles. The number of nitrogens with one attached hydrogen (secondary N) is 1. The average molecular weight is 494 g/mol. The highest BCUT2D eigenvalue weighted by molar-refractivity contribution is 7.89. The summed E-state index contributed by atoms with van der Waals surface area (Å²) in [6.07, 6.45) is 6.85. The highest BCUT2D eigenvalue weighted by Crippen LogP contribution is 2.24. The van der Waals surface area contributed by atoms with Gasteiger partial charge in [-0.2, -0.15) is 4.31 Å². The highest BCUT2D eigenvalue weighted by Gasteiger charge is 2.26. The summed E-state index contributed by atoms with van der Waals surface area (Å²) in [4.78, 5) is 26.7. The summed E-state index contributed by atoms with van der Waals surface area (Å²) in [5.74, 6) is -0.508. The van der Waals surface area contributed by atoms with Crippen LogP contribution in [0.3, 0.4) is 0 Å². The maximum atomic E-state index is 13.4. The van der Waals surface area contributed by atoms with Gasteiger partial charge in [-0.15, -0.1) is 6.58 Å². The highest BCUT2D eigenvalue weighted by atomic mass is 32.2. The lowest BCUT2D eigenvalue weighted by atomic mass is 10.1. The van der Waals surface area contributed by atoms with Crippen molar-refractivity contribution < 1.29 is 13.2 Å². The monoisotopic (exact) mass is 493 g/mol. The number of hydrogen-bond donors (Lipinski definition) is 1. The molecule has 0 saturated carbocycles. The van der Waals surface area contributed by atoms with E-state index in [1.165, 1.54) is 16.6 Å². The maximum Gasteiger partial charge on any atom is 0.257 e. The SMILES string of the molecule is C=CCn1cc(C(=O)NC(C)c2ccccc2)c(=O)c2cc(S(=O)(=O)N3CCCCCC3)ccc21. The smallest absolute Gasteiger partial charge is 0.257 e. The zero-order valence-corrected chi connectivity index (χ0v) is 20.8. The van der Waals surface area contributed by atoms with Gasteiger partial charge in [-0.1, -0.05) is 49.2 Å². The summed E-state index contributed by atoms with van der Waals surface area (Å²) in [5, 5.41) is 3.08. The molecule has 7 nitrogen and oxygen atoms in total. The van der Waals surface area contributed by atoms with Gasteiger partial charge in [0.15, 0.2) is 0 Å². The van der Waals surface area contributed by atoms with Crippen LogP contribution in [0.15, 0.2) is 77.1 Å². The van der Waals surface area contributed by atoms with Gasteiger partial charge < -0.3 is 9.88 Å². The lowest BCUT2D eigenvalue weighted by Crippen LogP contribution is -2.33. The number of allylic oxidation sites excluding steroid dienone is 1. The van der Waals surface area contributed by atoms with Crippen molar-refractivity contribution in [2.45, 2.75) is 50.1 Å². The lowest BCUT2D eigenvalue weighted by molar-refractivity contribution is 0.0938. The number of nitrogens with zero attached hydrogens (tertiary/aromatic N) is 2. The minimum atomic E-state index is -3.74. The average Bonchev–Trinajstić information content (AvgIpc) is 3.16. The number of benzene rings is 2. The van der Waals surface area contributed by atoms with Crippen LogP contribution in [0.4, 0.5) is 0 Å². The van der Waals surface area contributed by atoms with E-state index in [2.05, 4.69) is 11.9 Å². The number of amides is 1. The zero-order valence-electron chi connectivity index (χ0n) is 19.9. The largest absolute Gasteiger partial charge is 0.345 e. The van der Waals surface area contributed by atoms with Crippen molar-refractivity contribution in [3.05, 3.63) is 88.7 Å². The number of fused-ring (bicyclic) bond motifs is 1.